The molecule has 3 nitrogen and oxygen atoms in total. The second kappa shape index (κ2) is 7.35. The van der Waals surface area contributed by atoms with E-state index in [0.29, 0.717) is 6.61 Å². The van der Waals surface area contributed by atoms with Crippen LogP contribution in [0.5, 0.6) is 5.75 Å². The average molecular weight is 342 g/mol. The van der Waals surface area contributed by atoms with Gasteiger partial charge in [0.2, 0.25) is 0 Å². The molecule has 4 atom stereocenters. The summed E-state index contributed by atoms with van der Waals surface area (Å²) in [4.78, 5) is 0. The Morgan fingerprint density at radius 1 is 1.24 bits per heavy atom. The van der Waals surface area contributed by atoms with Crippen LogP contribution < -0.4 is 4.74 Å². The van der Waals surface area contributed by atoms with Gasteiger partial charge >= 0.3 is 0 Å². The summed E-state index contributed by atoms with van der Waals surface area (Å²) in [5.74, 6) is 1.28. The number of rotatable bonds is 4. The zero-order valence-corrected chi connectivity index (χ0v) is 15.6. The molecule has 1 aromatic rings. The maximum absolute atomic E-state index is 10.8. The summed E-state index contributed by atoms with van der Waals surface area (Å²) in [6.45, 7) is 9.17. The average Bonchev–Trinajstić information content (AvgIpc) is 2.81. The van der Waals surface area contributed by atoms with Crippen LogP contribution in [0, 0.1) is 17.3 Å². The van der Waals surface area contributed by atoms with Gasteiger partial charge in [0.1, 0.15) is 5.75 Å². The van der Waals surface area contributed by atoms with Gasteiger partial charge in [-0.2, -0.15) is 0 Å². The molecule has 1 N–H and O–H groups in total. The van der Waals surface area contributed by atoms with Crippen molar-refractivity contribution in [3.63, 3.8) is 0 Å². The Hall–Kier alpha value is -1.58. The van der Waals surface area contributed by atoms with Crippen LogP contribution in [-0.2, 0) is 11.3 Å². The molecule has 0 radical (unpaired) electrons. The molecule has 1 aromatic carbocycles. The van der Waals surface area contributed by atoms with Crippen molar-refractivity contribution in [3.05, 3.63) is 54.1 Å². The molecular weight excluding hydrogens is 312 g/mol. The lowest BCUT2D eigenvalue weighted by Gasteiger charge is -2.31. The minimum absolute atomic E-state index is 0.00604. The van der Waals surface area contributed by atoms with E-state index in [9.17, 15) is 5.11 Å². The third-order valence-electron chi connectivity index (χ3n) is 5.79. The van der Waals surface area contributed by atoms with E-state index in [0.717, 1.165) is 36.1 Å². The fourth-order valence-corrected chi connectivity index (χ4v) is 4.29. The molecule has 0 unspecified atom stereocenters. The molecule has 0 heterocycles. The first-order valence-electron chi connectivity index (χ1n) is 9.19. The van der Waals surface area contributed by atoms with Crippen LogP contribution in [0.15, 0.2) is 48.6 Å². The van der Waals surface area contributed by atoms with Crippen LogP contribution in [-0.4, -0.2) is 24.4 Å². The normalized spacial score (nSPS) is 32.6. The molecular formula is C22H30O3. The van der Waals surface area contributed by atoms with Crippen molar-refractivity contribution in [2.45, 2.75) is 51.9 Å². The number of methoxy groups -OCH3 is 1. The van der Waals surface area contributed by atoms with Gasteiger partial charge in [0.05, 0.1) is 25.9 Å². The first-order valence-corrected chi connectivity index (χ1v) is 9.19. The first-order chi connectivity index (χ1) is 11.9. The lowest BCUT2D eigenvalue weighted by molar-refractivity contribution is 0.00606. The molecule has 1 saturated carbocycles. The van der Waals surface area contributed by atoms with E-state index in [-0.39, 0.29) is 29.5 Å². The van der Waals surface area contributed by atoms with Crippen molar-refractivity contribution in [2.24, 2.45) is 17.3 Å². The summed E-state index contributed by atoms with van der Waals surface area (Å²) in [6.07, 6.45) is 6.95. The third kappa shape index (κ3) is 3.83. The zero-order valence-electron chi connectivity index (χ0n) is 15.6. The van der Waals surface area contributed by atoms with Gasteiger partial charge in [0.15, 0.2) is 0 Å². The largest absolute Gasteiger partial charge is 0.497 e. The predicted molar refractivity (Wildman–Crippen MR) is 100 cm³/mol. The molecule has 1 fully saturated rings. The van der Waals surface area contributed by atoms with Crippen LogP contribution in [0.1, 0.15) is 38.7 Å². The molecule has 136 valence electrons. The molecule has 0 saturated heterocycles. The number of ether oxygens (including phenoxy) is 2. The highest BCUT2D eigenvalue weighted by Crippen LogP contribution is 2.50. The fourth-order valence-electron chi connectivity index (χ4n) is 4.29. The predicted octanol–water partition coefficient (Wildman–Crippen LogP) is 4.51. The van der Waals surface area contributed by atoms with Gasteiger partial charge in [-0.1, -0.05) is 44.7 Å². The van der Waals surface area contributed by atoms with Crippen molar-refractivity contribution in [3.8, 4) is 5.75 Å². The zero-order chi connectivity index (χ0) is 18.0. The molecule has 0 spiro atoms. The summed E-state index contributed by atoms with van der Waals surface area (Å²) in [5, 5.41) is 10.8. The Kier molecular flexibility index (Phi) is 5.35. The highest BCUT2D eigenvalue weighted by molar-refractivity contribution is 5.27. The van der Waals surface area contributed by atoms with Gasteiger partial charge in [0, 0.05) is 5.92 Å². The molecule has 0 aromatic heterocycles. The number of allylic oxidation sites excluding steroid dienone is 1. The van der Waals surface area contributed by atoms with E-state index in [1.807, 2.05) is 24.3 Å². The minimum Gasteiger partial charge on any atom is -0.497 e. The third-order valence-corrected chi connectivity index (χ3v) is 5.79. The Labute approximate surface area is 151 Å². The smallest absolute Gasteiger partial charge is 0.118 e. The Morgan fingerprint density at radius 2 is 1.96 bits per heavy atom. The summed E-state index contributed by atoms with van der Waals surface area (Å²) in [6, 6.07) is 7.99. The highest BCUT2D eigenvalue weighted by atomic mass is 16.5. The molecule has 3 rings (SSSR count). The Bertz CT molecular complexity index is 629. The number of aliphatic hydroxyl groups is 1. The van der Waals surface area contributed by atoms with E-state index in [4.69, 9.17) is 9.47 Å². The molecule has 0 amide bonds. The molecule has 25 heavy (non-hydrogen) atoms. The number of hydrogen-bond donors (Lipinski definition) is 1. The maximum Gasteiger partial charge on any atom is 0.118 e. The summed E-state index contributed by atoms with van der Waals surface area (Å²) in [5.41, 5.74) is 2.18. The number of benzene rings is 1. The van der Waals surface area contributed by atoms with Gasteiger partial charge < -0.3 is 14.6 Å². The molecule has 3 heteroatoms. The van der Waals surface area contributed by atoms with Crippen LogP contribution in [0.3, 0.4) is 0 Å². The molecule has 2 aliphatic carbocycles. The van der Waals surface area contributed by atoms with E-state index < -0.39 is 0 Å². The molecule has 0 aliphatic heterocycles. The van der Waals surface area contributed by atoms with E-state index in [2.05, 4.69) is 32.6 Å². The van der Waals surface area contributed by atoms with Crippen molar-refractivity contribution >= 4 is 0 Å². The maximum atomic E-state index is 10.8. The monoisotopic (exact) mass is 342 g/mol. The number of hydrogen-bond acceptors (Lipinski definition) is 3. The van der Waals surface area contributed by atoms with Gasteiger partial charge in [-0.05, 0) is 53.9 Å². The molecule has 0 bridgehead atoms. The lowest BCUT2D eigenvalue weighted by atomic mass is 9.83. The Balaban J connectivity index is 1.76. The summed E-state index contributed by atoms with van der Waals surface area (Å²) in [7, 11) is 1.67. The summed E-state index contributed by atoms with van der Waals surface area (Å²) < 4.78 is 11.6. The van der Waals surface area contributed by atoms with Crippen molar-refractivity contribution < 1.29 is 14.6 Å². The Morgan fingerprint density at radius 3 is 2.64 bits per heavy atom. The van der Waals surface area contributed by atoms with Crippen molar-refractivity contribution in [2.75, 3.05) is 7.11 Å². The quantitative estimate of drug-likeness (QED) is 0.818. The highest BCUT2D eigenvalue weighted by Gasteiger charge is 2.49. The van der Waals surface area contributed by atoms with Crippen LogP contribution in [0.25, 0.3) is 0 Å². The standard InChI is InChI=1S/C22H30O3/c1-15-7-5-6-8-18-19(13-22(2,3)21(18)23)20(15)25-14-16-9-11-17(24-4)12-10-16/h6,8-12,18-21,23H,1,5,7,13-14H2,2-4H3/b8-6-/t18-,19-,20-,21+/m0/s1. The number of aliphatic hydroxyl groups excluding tert-OH is 1. The molecule has 2 aliphatic rings. The first kappa shape index (κ1) is 18.2. The van der Waals surface area contributed by atoms with Crippen molar-refractivity contribution in [1.29, 1.82) is 0 Å². The van der Waals surface area contributed by atoms with Gasteiger partial charge in [0.25, 0.3) is 0 Å². The van der Waals surface area contributed by atoms with Crippen LogP contribution in [0.4, 0.5) is 0 Å². The fraction of sp³-hybridized carbons (Fsp3) is 0.545. The van der Waals surface area contributed by atoms with Gasteiger partial charge in [-0.25, -0.2) is 0 Å². The minimum atomic E-state index is -0.327. The van der Waals surface area contributed by atoms with Crippen LogP contribution >= 0.6 is 0 Å². The number of fused-ring (bicyclic) bond motifs is 1. The summed E-state index contributed by atoms with van der Waals surface area (Å²) >= 11 is 0. The van der Waals surface area contributed by atoms with E-state index in [1.165, 1.54) is 0 Å². The van der Waals surface area contributed by atoms with E-state index >= 15 is 0 Å². The topological polar surface area (TPSA) is 38.7 Å². The SMILES string of the molecule is C=C1CC/C=C\[C@H]2[C@H](CC(C)(C)[C@@H]2O)[C@H]1OCc1ccc(OC)cc1. The second-order valence-electron chi connectivity index (χ2n) is 8.08. The van der Waals surface area contributed by atoms with E-state index in [1.54, 1.807) is 7.11 Å². The lowest BCUT2D eigenvalue weighted by Crippen LogP contribution is -2.32. The van der Waals surface area contributed by atoms with Gasteiger partial charge in [-0.15, -0.1) is 0 Å². The second-order valence-corrected chi connectivity index (χ2v) is 8.08. The van der Waals surface area contributed by atoms with Gasteiger partial charge in [-0.3, -0.25) is 0 Å². The van der Waals surface area contributed by atoms with Crippen LogP contribution in [0.2, 0.25) is 0 Å². The van der Waals surface area contributed by atoms with Crippen molar-refractivity contribution in [1.82, 2.24) is 0 Å².